The molecule has 0 aromatic carbocycles. The maximum Gasteiger partial charge on any atom is 0.280 e. The third-order valence-electron chi connectivity index (χ3n) is 3.54. The van der Waals surface area contributed by atoms with Gasteiger partial charge in [-0.2, -0.15) is 17.4 Å². The van der Waals surface area contributed by atoms with Crippen LogP contribution in [-0.4, -0.2) is 40.6 Å². The molecule has 1 aliphatic rings. The van der Waals surface area contributed by atoms with Gasteiger partial charge in [-0.25, -0.2) is 0 Å². The molecule has 1 aromatic heterocycles. The topological polar surface area (TPSA) is 80.1 Å². The van der Waals surface area contributed by atoms with E-state index in [0.29, 0.717) is 24.8 Å². The van der Waals surface area contributed by atoms with Crippen LogP contribution in [-0.2, 0) is 17.3 Å². The lowest BCUT2D eigenvalue weighted by Crippen LogP contribution is -2.45. The van der Waals surface area contributed by atoms with Crippen LogP contribution in [0.5, 0.6) is 0 Å². The Morgan fingerprint density at radius 2 is 2.05 bits per heavy atom. The van der Waals surface area contributed by atoms with Crippen molar-refractivity contribution in [1.82, 2.24) is 23.8 Å². The second-order valence-corrected chi connectivity index (χ2v) is 6.93. The zero-order valence-corrected chi connectivity index (χ0v) is 12.4. The summed E-state index contributed by atoms with van der Waals surface area (Å²) < 4.78 is 30.4. The summed E-state index contributed by atoms with van der Waals surface area (Å²) in [6.07, 6.45) is 3.39. The highest BCUT2D eigenvalue weighted by atomic mass is 32.2. The Kier molecular flexibility index (Phi) is 4.22. The van der Waals surface area contributed by atoms with E-state index < -0.39 is 16.3 Å². The average molecular weight is 287 g/mol. The maximum atomic E-state index is 12.3. The molecule has 1 saturated heterocycles. The van der Waals surface area contributed by atoms with Crippen molar-refractivity contribution in [2.24, 2.45) is 13.0 Å². The fraction of sp³-hybridized carbons (Fsp3) is 0.818. The number of hydrogen-bond donors (Lipinski definition) is 1. The molecular weight excluding hydrogens is 266 g/mol. The molecule has 1 aromatic rings. The second-order valence-electron chi connectivity index (χ2n) is 5.23. The molecule has 0 radical (unpaired) electrons. The lowest BCUT2D eigenvalue weighted by atomic mass is 10.0. The summed E-state index contributed by atoms with van der Waals surface area (Å²) in [7, 11) is -1.65. The number of aromatic nitrogens is 3. The molecule has 0 amide bonds. The summed E-state index contributed by atoms with van der Waals surface area (Å²) in [5.41, 5.74) is 0. The van der Waals surface area contributed by atoms with Crippen LogP contribution in [0.4, 0.5) is 0 Å². The zero-order valence-electron chi connectivity index (χ0n) is 11.6. The molecule has 1 aliphatic heterocycles. The SMILES string of the molecule is CC1CCN(S(=O)(=O)NC(C)c2nncn2C)CC1. The minimum absolute atomic E-state index is 0.392. The van der Waals surface area contributed by atoms with E-state index in [4.69, 9.17) is 0 Å². The van der Waals surface area contributed by atoms with Crippen LogP contribution in [0, 0.1) is 5.92 Å². The van der Waals surface area contributed by atoms with Gasteiger partial charge in [0.05, 0.1) is 6.04 Å². The Morgan fingerprint density at radius 3 is 2.58 bits per heavy atom. The Bertz CT molecular complexity index is 519. The molecular formula is C11H21N5O2S. The lowest BCUT2D eigenvalue weighted by Gasteiger charge is -2.30. The van der Waals surface area contributed by atoms with Gasteiger partial charge in [0.2, 0.25) is 0 Å². The molecule has 0 saturated carbocycles. The predicted octanol–water partition coefficient (Wildman–Crippen LogP) is 0.442. The molecule has 0 aliphatic carbocycles. The van der Waals surface area contributed by atoms with Gasteiger partial charge in [-0.3, -0.25) is 0 Å². The number of hydrogen-bond acceptors (Lipinski definition) is 4. The van der Waals surface area contributed by atoms with Gasteiger partial charge in [0, 0.05) is 20.1 Å². The Hall–Kier alpha value is -0.990. The van der Waals surface area contributed by atoms with Gasteiger partial charge in [0.25, 0.3) is 10.2 Å². The number of piperidine rings is 1. The van der Waals surface area contributed by atoms with Gasteiger partial charge in [-0.05, 0) is 25.7 Å². The molecule has 1 fully saturated rings. The lowest BCUT2D eigenvalue weighted by molar-refractivity contribution is 0.283. The largest absolute Gasteiger partial charge is 0.319 e. The Balaban J connectivity index is 2.03. The highest BCUT2D eigenvalue weighted by Crippen LogP contribution is 2.19. The van der Waals surface area contributed by atoms with Crippen LogP contribution in [0.25, 0.3) is 0 Å². The van der Waals surface area contributed by atoms with Gasteiger partial charge in [-0.15, -0.1) is 10.2 Å². The van der Waals surface area contributed by atoms with E-state index in [0.717, 1.165) is 12.8 Å². The van der Waals surface area contributed by atoms with E-state index in [9.17, 15) is 8.42 Å². The van der Waals surface area contributed by atoms with Crippen LogP contribution >= 0.6 is 0 Å². The Morgan fingerprint density at radius 1 is 1.42 bits per heavy atom. The molecule has 1 unspecified atom stereocenters. The maximum absolute atomic E-state index is 12.3. The van der Waals surface area contributed by atoms with E-state index in [2.05, 4.69) is 21.8 Å². The first kappa shape index (κ1) is 14.4. The molecule has 1 atom stereocenters. The summed E-state index contributed by atoms with van der Waals surface area (Å²) >= 11 is 0. The van der Waals surface area contributed by atoms with Gasteiger partial charge in [-0.1, -0.05) is 6.92 Å². The van der Waals surface area contributed by atoms with E-state index in [1.807, 2.05) is 0 Å². The smallest absolute Gasteiger partial charge is 0.280 e. The standard InChI is InChI=1S/C11H21N5O2S/c1-9-4-6-16(7-5-9)19(17,18)14-10(2)11-13-12-8-15(11)3/h8-10,14H,4-7H2,1-3H3. The molecule has 19 heavy (non-hydrogen) atoms. The van der Waals surface area contributed by atoms with Crippen molar-refractivity contribution in [1.29, 1.82) is 0 Å². The van der Waals surface area contributed by atoms with Crippen molar-refractivity contribution in [2.45, 2.75) is 32.7 Å². The molecule has 0 spiro atoms. The zero-order chi connectivity index (χ0) is 14.0. The van der Waals surface area contributed by atoms with Gasteiger partial charge >= 0.3 is 0 Å². The quantitative estimate of drug-likeness (QED) is 0.871. The van der Waals surface area contributed by atoms with Crippen molar-refractivity contribution >= 4 is 10.2 Å². The first-order valence-corrected chi connectivity index (χ1v) is 7.95. The molecule has 2 rings (SSSR count). The molecule has 1 N–H and O–H groups in total. The summed E-state index contributed by atoms with van der Waals surface area (Å²) in [4.78, 5) is 0. The van der Waals surface area contributed by atoms with Gasteiger partial charge < -0.3 is 4.57 Å². The van der Waals surface area contributed by atoms with E-state index in [1.54, 1.807) is 24.9 Å². The normalized spacial score (nSPS) is 20.6. The summed E-state index contributed by atoms with van der Waals surface area (Å²) in [6, 6.07) is -0.392. The van der Waals surface area contributed by atoms with Crippen LogP contribution in [0.15, 0.2) is 6.33 Å². The predicted molar refractivity (Wildman–Crippen MR) is 71.4 cm³/mol. The highest BCUT2D eigenvalue weighted by Gasteiger charge is 2.28. The second kappa shape index (κ2) is 5.56. The number of aryl methyl sites for hydroxylation is 1. The third kappa shape index (κ3) is 3.31. The molecule has 108 valence electrons. The fourth-order valence-electron chi connectivity index (χ4n) is 2.26. The van der Waals surface area contributed by atoms with Crippen molar-refractivity contribution < 1.29 is 8.42 Å². The molecule has 2 heterocycles. The number of nitrogens with zero attached hydrogens (tertiary/aromatic N) is 4. The highest BCUT2D eigenvalue weighted by molar-refractivity contribution is 7.87. The average Bonchev–Trinajstić information content (AvgIpc) is 2.75. The van der Waals surface area contributed by atoms with Gasteiger partial charge in [0.1, 0.15) is 6.33 Å². The van der Waals surface area contributed by atoms with Crippen molar-refractivity contribution in [2.75, 3.05) is 13.1 Å². The van der Waals surface area contributed by atoms with Crippen LogP contribution in [0.1, 0.15) is 38.6 Å². The van der Waals surface area contributed by atoms with Crippen molar-refractivity contribution in [3.05, 3.63) is 12.2 Å². The summed E-state index contributed by atoms with van der Waals surface area (Å²) in [5.74, 6) is 1.21. The van der Waals surface area contributed by atoms with E-state index >= 15 is 0 Å². The minimum atomic E-state index is -3.45. The molecule has 7 nitrogen and oxygen atoms in total. The summed E-state index contributed by atoms with van der Waals surface area (Å²) in [6.45, 7) is 5.10. The third-order valence-corrected chi connectivity index (χ3v) is 5.24. The minimum Gasteiger partial charge on any atom is -0.319 e. The number of nitrogens with one attached hydrogen (secondary N) is 1. The van der Waals surface area contributed by atoms with Crippen LogP contribution in [0.2, 0.25) is 0 Å². The molecule has 8 heteroatoms. The molecule has 0 bridgehead atoms. The monoisotopic (exact) mass is 287 g/mol. The summed E-state index contributed by atoms with van der Waals surface area (Å²) in [5, 5.41) is 7.68. The van der Waals surface area contributed by atoms with Crippen molar-refractivity contribution in [3.63, 3.8) is 0 Å². The van der Waals surface area contributed by atoms with E-state index in [1.165, 1.54) is 4.31 Å². The first-order valence-electron chi connectivity index (χ1n) is 6.51. The van der Waals surface area contributed by atoms with E-state index in [-0.39, 0.29) is 0 Å². The van der Waals surface area contributed by atoms with Crippen LogP contribution in [0.3, 0.4) is 0 Å². The van der Waals surface area contributed by atoms with Gasteiger partial charge in [0.15, 0.2) is 5.82 Å². The fourth-order valence-corrected chi connectivity index (χ4v) is 3.65. The Labute approximate surface area is 114 Å². The number of rotatable bonds is 4. The van der Waals surface area contributed by atoms with Crippen molar-refractivity contribution in [3.8, 4) is 0 Å². The van der Waals surface area contributed by atoms with Crippen LogP contribution < -0.4 is 4.72 Å². The first-order chi connectivity index (χ1) is 8.90.